The Morgan fingerprint density at radius 1 is 1.43 bits per heavy atom. The maximum atomic E-state index is 12.8. The van der Waals surface area contributed by atoms with Crippen molar-refractivity contribution in [2.45, 2.75) is 32.4 Å². The van der Waals surface area contributed by atoms with Gasteiger partial charge in [0, 0.05) is 19.0 Å². The predicted octanol–water partition coefficient (Wildman–Crippen LogP) is 1.25. The van der Waals surface area contributed by atoms with E-state index in [9.17, 15) is 9.59 Å². The van der Waals surface area contributed by atoms with Gasteiger partial charge >= 0.3 is 5.97 Å². The van der Waals surface area contributed by atoms with E-state index in [-0.39, 0.29) is 29.4 Å². The number of allylic oxidation sites excluding steroid dienone is 2. The molecule has 0 saturated carbocycles. The lowest BCUT2D eigenvalue weighted by Gasteiger charge is -2.54. The molecule has 2 heterocycles. The fourth-order valence-corrected chi connectivity index (χ4v) is 4.75. The number of rotatable bonds is 2. The first-order chi connectivity index (χ1) is 10.0. The summed E-state index contributed by atoms with van der Waals surface area (Å²) >= 11 is 0. The fourth-order valence-electron chi connectivity index (χ4n) is 4.75. The topological polar surface area (TPSA) is 49.9 Å². The molecule has 3 rings (SSSR count). The third-order valence-electron chi connectivity index (χ3n) is 5.58. The largest absolute Gasteiger partial charge is 0.465 e. The van der Waals surface area contributed by atoms with Crippen LogP contribution in [0.4, 0.5) is 0 Å². The predicted molar refractivity (Wildman–Crippen MR) is 78.2 cm³/mol. The molecule has 2 aliphatic heterocycles. The number of amides is 1. The fraction of sp³-hybridized carbons (Fsp3) is 0.750. The summed E-state index contributed by atoms with van der Waals surface area (Å²) in [6.45, 7) is 3.09. The highest BCUT2D eigenvalue weighted by atomic mass is 16.5. The highest BCUT2D eigenvalue weighted by Gasteiger charge is 2.62. The molecule has 0 radical (unpaired) electrons. The Morgan fingerprint density at radius 3 is 2.90 bits per heavy atom. The van der Waals surface area contributed by atoms with Crippen molar-refractivity contribution in [1.82, 2.24) is 9.80 Å². The molecule has 1 aliphatic carbocycles. The van der Waals surface area contributed by atoms with Crippen LogP contribution in [0.1, 0.15) is 26.2 Å². The lowest BCUT2D eigenvalue weighted by atomic mass is 9.59. The van der Waals surface area contributed by atoms with Crippen molar-refractivity contribution >= 4 is 11.9 Å². The summed E-state index contributed by atoms with van der Waals surface area (Å²) < 4.78 is 5.20. The molecular weight excluding hydrogens is 268 g/mol. The molecule has 5 heteroatoms. The van der Waals surface area contributed by atoms with E-state index < -0.39 is 5.92 Å². The zero-order valence-electron chi connectivity index (χ0n) is 13.0. The molecule has 0 aromatic carbocycles. The molecule has 0 aromatic heterocycles. The smallest absolute Gasteiger partial charge is 0.318 e. The number of nitrogens with zero attached hydrogens (tertiary/aromatic N) is 2. The minimum Gasteiger partial charge on any atom is -0.465 e. The van der Waals surface area contributed by atoms with Gasteiger partial charge in [-0.05, 0) is 39.2 Å². The van der Waals surface area contributed by atoms with Crippen molar-refractivity contribution in [3.63, 3.8) is 0 Å². The Kier molecular flexibility index (Phi) is 3.56. The highest BCUT2D eigenvalue weighted by molar-refractivity contribution is 5.99. The number of carbonyl (C=O) groups excluding carboxylic acids is 2. The van der Waals surface area contributed by atoms with Crippen LogP contribution >= 0.6 is 0 Å². The van der Waals surface area contributed by atoms with Crippen LogP contribution in [0.15, 0.2) is 12.2 Å². The molecule has 3 aliphatic rings. The van der Waals surface area contributed by atoms with E-state index in [1.165, 1.54) is 0 Å². The van der Waals surface area contributed by atoms with Crippen molar-refractivity contribution in [3.05, 3.63) is 12.2 Å². The zero-order valence-corrected chi connectivity index (χ0v) is 13.0. The maximum absolute atomic E-state index is 12.8. The van der Waals surface area contributed by atoms with Gasteiger partial charge < -0.3 is 9.64 Å². The van der Waals surface area contributed by atoms with Crippen molar-refractivity contribution in [2.24, 2.45) is 17.3 Å². The molecule has 5 nitrogen and oxygen atoms in total. The number of hydrogen-bond acceptors (Lipinski definition) is 4. The van der Waals surface area contributed by atoms with Gasteiger partial charge in [0.25, 0.3) is 0 Å². The van der Waals surface area contributed by atoms with Crippen LogP contribution in [0.2, 0.25) is 0 Å². The lowest BCUT2D eigenvalue weighted by Crippen LogP contribution is -2.64. The van der Waals surface area contributed by atoms with Crippen molar-refractivity contribution in [2.75, 3.05) is 27.2 Å². The van der Waals surface area contributed by atoms with E-state index in [0.29, 0.717) is 6.61 Å². The normalized spacial score (nSPS) is 39.1. The summed E-state index contributed by atoms with van der Waals surface area (Å²) in [4.78, 5) is 29.2. The SMILES string of the molecule is CCOC(=O)[C@@H]1C(=O)N(C)[C@@H]2N(C)CC[C@@]23CC=CC[C@@H]13. The molecule has 1 amide bonds. The van der Waals surface area contributed by atoms with Gasteiger partial charge in [0.05, 0.1) is 12.8 Å². The van der Waals surface area contributed by atoms with Crippen LogP contribution < -0.4 is 0 Å². The highest BCUT2D eigenvalue weighted by Crippen LogP contribution is 2.56. The van der Waals surface area contributed by atoms with E-state index in [2.05, 4.69) is 24.1 Å². The van der Waals surface area contributed by atoms with Gasteiger partial charge in [-0.1, -0.05) is 12.2 Å². The molecule has 0 aromatic rings. The average molecular weight is 292 g/mol. The molecule has 4 atom stereocenters. The Hall–Kier alpha value is -1.36. The summed E-state index contributed by atoms with van der Waals surface area (Å²) in [5.74, 6) is -0.993. The molecular formula is C16H24N2O3. The van der Waals surface area contributed by atoms with Gasteiger partial charge in [-0.3, -0.25) is 14.5 Å². The maximum Gasteiger partial charge on any atom is 0.318 e. The zero-order chi connectivity index (χ0) is 15.2. The Balaban J connectivity index is 2.03. The average Bonchev–Trinajstić information content (AvgIpc) is 2.78. The van der Waals surface area contributed by atoms with E-state index in [1.807, 2.05) is 7.05 Å². The Labute approximate surface area is 125 Å². The molecule has 2 fully saturated rings. The van der Waals surface area contributed by atoms with Crippen molar-refractivity contribution < 1.29 is 14.3 Å². The molecule has 21 heavy (non-hydrogen) atoms. The summed E-state index contributed by atoms with van der Waals surface area (Å²) in [6.07, 6.45) is 7.22. The molecule has 1 spiro atoms. The minimum atomic E-state index is -0.636. The Morgan fingerprint density at radius 2 is 2.19 bits per heavy atom. The van der Waals surface area contributed by atoms with Crippen LogP contribution in [0.25, 0.3) is 0 Å². The molecule has 0 bridgehead atoms. The standard InChI is InChI=1S/C16H24N2O3/c1-4-21-14(20)12-11-7-5-6-8-16(11)9-10-17(2)15(16)18(3)13(12)19/h5-6,11-12,15H,4,7-10H2,1-3H3/t11-,12-,15-,16+/m0/s1. The third kappa shape index (κ3) is 1.94. The van der Waals surface area contributed by atoms with E-state index in [1.54, 1.807) is 11.8 Å². The quantitative estimate of drug-likeness (QED) is 0.437. The monoisotopic (exact) mass is 292 g/mol. The summed E-state index contributed by atoms with van der Waals surface area (Å²) in [5.41, 5.74) is 0.00356. The van der Waals surface area contributed by atoms with Crippen LogP contribution in [0.3, 0.4) is 0 Å². The second-order valence-corrected chi connectivity index (χ2v) is 6.53. The first-order valence-electron chi connectivity index (χ1n) is 7.81. The van der Waals surface area contributed by atoms with E-state index in [0.717, 1.165) is 25.8 Å². The van der Waals surface area contributed by atoms with Crippen LogP contribution in [-0.4, -0.2) is 55.1 Å². The second kappa shape index (κ2) is 5.13. The number of ether oxygens (including phenoxy) is 1. The number of esters is 1. The first-order valence-corrected chi connectivity index (χ1v) is 7.81. The number of piperidine rings is 1. The van der Waals surface area contributed by atoms with Crippen LogP contribution in [0, 0.1) is 17.3 Å². The molecule has 116 valence electrons. The summed E-state index contributed by atoms with van der Waals surface area (Å²) in [7, 11) is 3.90. The summed E-state index contributed by atoms with van der Waals surface area (Å²) in [6, 6.07) is 0. The number of carbonyl (C=O) groups is 2. The lowest BCUT2D eigenvalue weighted by molar-refractivity contribution is -0.176. The van der Waals surface area contributed by atoms with Crippen molar-refractivity contribution in [3.8, 4) is 0 Å². The third-order valence-corrected chi connectivity index (χ3v) is 5.58. The molecule has 0 unspecified atom stereocenters. The minimum absolute atomic E-state index is 0.00356. The van der Waals surface area contributed by atoms with Gasteiger partial charge in [0.2, 0.25) is 5.91 Å². The van der Waals surface area contributed by atoms with Gasteiger partial charge in [0.15, 0.2) is 0 Å². The van der Waals surface area contributed by atoms with Gasteiger partial charge in [-0.15, -0.1) is 0 Å². The van der Waals surface area contributed by atoms with Crippen molar-refractivity contribution in [1.29, 1.82) is 0 Å². The second-order valence-electron chi connectivity index (χ2n) is 6.53. The van der Waals surface area contributed by atoms with Gasteiger partial charge in [0.1, 0.15) is 5.92 Å². The van der Waals surface area contributed by atoms with Crippen LogP contribution in [-0.2, 0) is 14.3 Å². The Bertz CT molecular complexity index is 490. The number of hydrogen-bond donors (Lipinski definition) is 0. The number of likely N-dealkylation sites (tertiary alicyclic amines) is 2. The first kappa shape index (κ1) is 14.6. The molecule has 0 N–H and O–H groups in total. The molecule has 2 saturated heterocycles. The van der Waals surface area contributed by atoms with E-state index >= 15 is 0 Å². The van der Waals surface area contributed by atoms with Crippen LogP contribution in [0.5, 0.6) is 0 Å². The van der Waals surface area contributed by atoms with E-state index in [4.69, 9.17) is 4.74 Å². The van der Waals surface area contributed by atoms with Gasteiger partial charge in [-0.2, -0.15) is 0 Å². The summed E-state index contributed by atoms with van der Waals surface area (Å²) in [5, 5.41) is 0. The van der Waals surface area contributed by atoms with Gasteiger partial charge in [-0.25, -0.2) is 0 Å².